The van der Waals surface area contributed by atoms with Crippen molar-refractivity contribution >= 4 is 32.7 Å². The van der Waals surface area contributed by atoms with Gasteiger partial charge < -0.3 is 14.6 Å². The normalized spacial score (nSPS) is 14.9. The Morgan fingerprint density at radius 1 is 1.26 bits per heavy atom. The molecule has 1 fully saturated rings. The topological polar surface area (TPSA) is 128 Å². The Labute approximate surface area is 199 Å². The van der Waals surface area contributed by atoms with Gasteiger partial charge in [-0.1, -0.05) is 31.3 Å². The van der Waals surface area contributed by atoms with E-state index in [9.17, 15) is 13.2 Å². The minimum Gasteiger partial charge on any atom is -0.496 e. The lowest BCUT2D eigenvalue weighted by molar-refractivity contribution is -0.120. The molecule has 2 heterocycles. The fourth-order valence-corrected chi connectivity index (χ4v) is 5.82. The molecule has 0 bridgehead atoms. The molecule has 1 amide bonds. The summed E-state index contributed by atoms with van der Waals surface area (Å²) >= 11 is 0. The van der Waals surface area contributed by atoms with Crippen LogP contribution in [-0.4, -0.2) is 42.1 Å². The molecule has 0 unspecified atom stereocenters. The average molecular weight is 490 g/mol. The van der Waals surface area contributed by atoms with Gasteiger partial charge >= 0.3 is 0 Å². The number of anilines is 1. The summed E-state index contributed by atoms with van der Waals surface area (Å²) in [7, 11) is -2.04. The Hall–Kier alpha value is -3.08. The highest BCUT2D eigenvalue weighted by molar-refractivity contribution is 7.92. The third kappa shape index (κ3) is 5.88. The van der Waals surface area contributed by atoms with Gasteiger partial charge in [0.05, 0.1) is 31.6 Å². The molecule has 11 heteroatoms. The Bertz CT molecular complexity index is 1240. The highest BCUT2D eigenvalue weighted by Gasteiger charge is 2.24. The lowest BCUT2D eigenvalue weighted by atomic mass is 9.91. The van der Waals surface area contributed by atoms with Crippen molar-refractivity contribution in [3.05, 3.63) is 35.7 Å². The van der Waals surface area contributed by atoms with E-state index in [2.05, 4.69) is 20.3 Å². The first kappa shape index (κ1) is 24.1. The lowest BCUT2D eigenvalue weighted by Gasteiger charge is -2.21. The van der Waals surface area contributed by atoms with Crippen LogP contribution in [0, 0.1) is 5.92 Å². The van der Waals surface area contributed by atoms with E-state index >= 15 is 0 Å². The van der Waals surface area contributed by atoms with E-state index in [1.807, 2.05) is 18.3 Å². The number of nitrogens with one attached hydrogen (secondary N) is 2. The average Bonchev–Trinajstić information content (AvgIpc) is 3.43. The smallest absolute Gasteiger partial charge is 0.234 e. The van der Waals surface area contributed by atoms with E-state index in [-0.39, 0.29) is 23.4 Å². The zero-order chi connectivity index (χ0) is 24.1. The van der Waals surface area contributed by atoms with Crippen molar-refractivity contribution in [1.29, 1.82) is 0 Å². The van der Waals surface area contributed by atoms with Crippen LogP contribution in [0.5, 0.6) is 5.75 Å². The summed E-state index contributed by atoms with van der Waals surface area (Å²) in [6, 6.07) is 5.46. The Morgan fingerprint density at radius 2 is 2.06 bits per heavy atom. The number of rotatable bonds is 10. The minimum absolute atomic E-state index is 0.0276. The highest BCUT2D eigenvalue weighted by atomic mass is 32.2. The van der Waals surface area contributed by atoms with Crippen molar-refractivity contribution in [3.63, 3.8) is 0 Å². The maximum atomic E-state index is 12.8. The number of aromatic nitrogens is 3. The molecule has 0 saturated heterocycles. The maximum Gasteiger partial charge on any atom is 0.234 e. The standard InChI is InChI=1S/C23H31N5O5S/c1-3-21(29)24-13-18-9-10-28(25-18)14-17-11-19(32-2)22-20(12-17)33-26-23(22)27-34(30,31)15-16-7-5-4-6-8-16/h9-12,16H,3-8,13-15H2,1-2H3,(H,24,29)(H,26,27). The number of hydrogen-bond donors (Lipinski definition) is 2. The summed E-state index contributed by atoms with van der Waals surface area (Å²) in [6.45, 7) is 2.61. The van der Waals surface area contributed by atoms with Crippen molar-refractivity contribution < 1.29 is 22.5 Å². The van der Waals surface area contributed by atoms with Crippen LogP contribution < -0.4 is 14.8 Å². The lowest BCUT2D eigenvalue weighted by Crippen LogP contribution is -2.24. The van der Waals surface area contributed by atoms with Crippen LogP contribution in [0.4, 0.5) is 5.82 Å². The Kier molecular flexibility index (Phi) is 7.40. The van der Waals surface area contributed by atoms with E-state index in [1.165, 1.54) is 13.5 Å². The van der Waals surface area contributed by atoms with Crippen LogP contribution in [0.1, 0.15) is 56.7 Å². The van der Waals surface area contributed by atoms with Crippen LogP contribution in [0.3, 0.4) is 0 Å². The fraction of sp³-hybridized carbons (Fsp3) is 0.522. The van der Waals surface area contributed by atoms with Gasteiger partial charge in [-0.3, -0.25) is 14.2 Å². The highest BCUT2D eigenvalue weighted by Crippen LogP contribution is 2.35. The summed E-state index contributed by atoms with van der Waals surface area (Å²) in [5.74, 6) is 0.837. The number of methoxy groups -OCH3 is 1. The first-order valence-corrected chi connectivity index (χ1v) is 13.3. The zero-order valence-electron chi connectivity index (χ0n) is 19.5. The second kappa shape index (κ2) is 10.5. The molecule has 10 nitrogen and oxygen atoms in total. The summed E-state index contributed by atoms with van der Waals surface area (Å²) in [6.07, 6.45) is 7.46. The molecule has 1 aliphatic rings. The van der Waals surface area contributed by atoms with Gasteiger partial charge in [0.25, 0.3) is 0 Å². The molecule has 0 atom stereocenters. The van der Waals surface area contributed by atoms with Gasteiger partial charge in [0, 0.05) is 12.6 Å². The van der Waals surface area contributed by atoms with Gasteiger partial charge in [-0.05, 0) is 42.5 Å². The molecular formula is C23H31N5O5S. The van der Waals surface area contributed by atoms with Gasteiger partial charge in [0.2, 0.25) is 15.9 Å². The second-order valence-electron chi connectivity index (χ2n) is 8.72. The predicted octanol–water partition coefficient (Wildman–Crippen LogP) is 3.43. The molecule has 0 spiro atoms. The fourth-order valence-electron chi connectivity index (χ4n) is 4.35. The molecule has 1 aromatic carbocycles. The predicted molar refractivity (Wildman–Crippen MR) is 128 cm³/mol. The maximum absolute atomic E-state index is 12.8. The molecule has 1 saturated carbocycles. The number of hydrogen-bond acceptors (Lipinski definition) is 7. The number of fused-ring (bicyclic) bond motifs is 1. The van der Waals surface area contributed by atoms with E-state index in [4.69, 9.17) is 9.26 Å². The van der Waals surface area contributed by atoms with Gasteiger partial charge in [-0.25, -0.2) is 8.42 Å². The second-order valence-corrected chi connectivity index (χ2v) is 10.5. The first-order valence-electron chi connectivity index (χ1n) is 11.6. The Balaban J connectivity index is 1.49. The molecule has 0 radical (unpaired) electrons. The summed E-state index contributed by atoms with van der Waals surface area (Å²) < 4.78 is 40.9. The van der Waals surface area contributed by atoms with Crippen LogP contribution in [0.2, 0.25) is 0 Å². The third-order valence-corrected chi connectivity index (χ3v) is 7.49. The number of carbonyl (C=O) groups is 1. The van der Waals surface area contributed by atoms with Crippen LogP contribution >= 0.6 is 0 Å². The van der Waals surface area contributed by atoms with Crippen LogP contribution in [0.25, 0.3) is 11.0 Å². The molecule has 184 valence electrons. The minimum atomic E-state index is -3.56. The summed E-state index contributed by atoms with van der Waals surface area (Å²) in [5.41, 5.74) is 2.03. The number of amides is 1. The number of benzene rings is 1. The molecule has 3 aromatic rings. The first-order chi connectivity index (χ1) is 16.4. The Morgan fingerprint density at radius 3 is 2.79 bits per heavy atom. The summed E-state index contributed by atoms with van der Waals surface area (Å²) in [4.78, 5) is 11.4. The quantitative estimate of drug-likeness (QED) is 0.446. The largest absolute Gasteiger partial charge is 0.496 e. The molecule has 0 aliphatic heterocycles. The number of nitrogens with zero attached hydrogens (tertiary/aromatic N) is 3. The van der Waals surface area contributed by atoms with Crippen molar-refractivity contribution in [2.24, 2.45) is 5.92 Å². The van der Waals surface area contributed by atoms with E-state index < -0.39 is 10.0 Å². The molecule has 2 aromatic heterocycles. The van der Waals surface area contributed by atoms with Gasteiger partial charge in [-0.15, -0.1) is 0 Å². The van der Waals surface area contributed by atoms with Crippen LogP contribution in [0.15, 0.2) is 28.9 Å². The monoisotopic (exact) mass is 489 g/mol. The van der Waals surface area contributed by atoms with E-state index in [0.717, 1.165) is 36.9 Å². The molecule has 1 aliphatic carbocycles. The molecular weight excluding hydrogens is 458 g/mol. The molecule has 4 rings (SSSR count). The molecule has 34 heavy (non-hydrogen) atoms. The third-order valence-electron chi connectivity index (χ3n) is 6.08. The number of ether oxygens (including phenoxy) is 1. The van der Waals surface area contributed by atoms with Crippen LogP contribution in [-0.2, 0) is 27.9 Å². The van der Waals surface area contributed by atoms with Crippen molar-refractivity contribution in [1.82, 2.24) is 20.3 Å². The van der Waals surface area contributed by atoms with Crippen molar-refractivity contribution in [2.75, 3.05) is 17.6 Å². The zero-order valence-corrected chi connectivity index (χ0v) is 20.4. The number of carbonyl (C=O) groups excluding carboxylic acids is 1. The SMILES string of the molecule is CCC(=O)NCc1ccn(Cc2cc(OC)c3c(NS(=O)(=O)CC4CCCCC4)noc3c2)n1. The molecule has 2 N–H and O–H groups in total. The van der Waals surface area contributed by atoms with E-state index in [1.54, 1.807) is 17.7 Å². The van der Waals surface area contributed by atoms with Crippen molar-refractivity contribution in [3.8, 4) is 5.75 Å². The van der Waals surface area contributed by atoms with Crippen molar-refractivity contribution in [2.45, 2.75) is 58.5 Å². The number of sulfonamides is 1. The van der Waals surface area contributed by atoms with Gasteiger partial charge in [0.1, 0.15) is 11.1 Å². The van der Waals surface area contributed by atoms with Gasteiger partial charge in [0.15, 0.2) is 11.4 Å². The van der Waals surface area contributed by atoms with E-state index in [0.29, 0.717) is 36.2 Å². The van der Waals surface area contributed by atoms with Gasteiger partial charge in [-0.2, -0.15) is 5.10 Å². The summed E-state index contributed by atoms with van der Waals surface area (Å²) in [5, 5.41) is 11.7.